The Balaban J connectivity index is 0. The number of Topliss-reactive ketones (excluding diaryl/α,β-unsaturated/α-hetero) is 1. The van der Waals surface area contributed by atoms with E-state index < -0.39 is 0 Å². The molecular weight excluding hydrogens is 198 g/mol. The van der Waals surface area contributed by atoms with Gasteiger partial charge >= 0.3 is 0 Å². The lowest BCUT2D eigenvalue weighted by molar-refractivity contribution is -0.882. The monoisotopic (exact) mass is 219 g/mol. The third kappa shape index (κ3) is 7.10. The Hall–Kier alpha value is -0.340. The third-order valence-corrected chi connectivity index (χ3v) is 2.16. The van der Waals surface area contributed by atoms with E-state index >= 15 is 0 Å². The molecule has 0 aliphatic carbocycles. The molecule has 0 aliphatic rings. The molecule has 0 amide bonds. The van der Waals surface area contributed by atoms with E-state index in [1.807, 2.05) is 0 Å². The number of hydrogen-bond acceptors (Lipinski definition) is 1. The highest BCUT2D eigenvalue weighted by atomic mass is 35.5. The summed E-state index contributed by atoms with van der Waals surface area (Å²) in [6, 6.07) is 0. The van der Waals surface area contributed by atoms with Gasteiger partial charge in [-0.05, 0) is 18.9 Å². The van der Waals surface area contributed by atoms with Crippen molar-refractivity contribution in [2.45, 2.75) is 26.7 Å². The first kappa shape index (κ1) is 16.1. The summed E-state index contributed by atoms with van der Waals surface area (Å²) >= 11 is 0. The summed E-state index contributed by atoms with van der Waals surface area (Å²) in [5.41, 5.74) is 0.669. The van der Waals surface area contributed by atoms with Gasteiger partial charge in [-0.25, -0.2) is 0 Å². The maximum Gasteiger partial charge on any atom is 0.212 e. The number of quaternary nitrogens is 1. The van der Waals surface area contributed by atoms with Crippen LogP contribution in [0.2, 0.25) is 0 Å². The maximum atomic E-state index is 11.4. The maximum absolute atomic E-state index is 11.4. The first-order valence-corrected chi connectivity index (χ1v) is 4.90. The highest BCUT2D eigenvalue weighted by molar-refractivity contribution is 5.95. The Bertz CT molecular complexity index is 199. The van der Waals surface area contributed by atoms with Gasteiger partial charge in [0.15, 0.2) is 0 Å². The van der Waals surface area contributed by atoms with E-state index in [-0.39, 0.29) is 18.2 Å². The molecule has 2 nitrogen and oxygen atoms in total. The zero-order valence-electron chi connectivity index (χ0n) is 9.77. The summed E-state index contributed by atoms with van der Waals surface area (Å²) in [5, 5.41) is 0. The van der Waals surface area contributed by atoms with Crippen molar-refractivity contribution < 1.29 is 21.7 Å². The van der Waals surface area contributed by atoms with Crippen LogP contribution in [0.25, 0.3) is 0 Å². The predicted molar refractivity (Wildman–Crippen MR) is 56.6 cm³/mol. The van der Waals surface area contributed by atoms with Crippen LogP contribution >= 0.6 is 0 Å². The average molecular weight is 220 g/mol. The number of halogens is 1. The van der Waals surface area contributed by atoms with Crippen LogP contribution in [-0.4, -0.2) is 37.5 Å². The molecule has 0 aliphatic heterocycles. The van der Waals surface area contributed by atoms with Crippen molar-refractivity contribution in [1.29, 1.82) is 0 Å². The van der Waals surface area contributed by atoms with Crippen LogP contribution in [0.3, 0.4) is 0 Å². The average Bonchev–Trinajstić information content (AvgIpc) is 2.00. The molecule has 84 valence electrons. The van der Waals surface area contributed by atoms with Gasteiger partial charge in [0.25, 0.3) is 0 Å². The minimum atomic E-state index is 0. The number of unbranched alkanes of at least 4 members (excludes halogenated alkanes) is 1. The zero-order chi connectivity index (χ0) is 10.5. The summed E-state index contributed by atoms with van der Waals surface area (Å²) in [4.78, 5) is 11.4. The van der Waals surface area contributed by atoms with Crippen molar-refractivity contribution in [3.8, 4) is 0 Å². The van der Waals surface area contributed by atoms with Crippen molar-refractivity contribution in [3.05, 3.63) is 12.2 Å². The third-order valence-electron chi connectivity index (χ3n) is 2.16. The molecule has 14 heavy (non-hydrogen) atoms. The molecule has 0 aromatic carbocycles. The summed E-state index contributed by atoms with van der Waals surface area (Å²) in [5.74, 6) is 0.182. The van der Waals surface area contributed by atoms with Gasteiger partial charge in [-0.1, -0.05) is 19.9 Å². The molecule has 0 rings (SSSR count). The van der Waals surface area contributed by atoms with Gasteiger partial charge in [0.2, 0.25) is 5.78 Å². The summed E-state index contributed by atoms with van der Waals surface area (Å²) < 4.78 is 0.777. The second-order valence-electron chi connectivity index (χ2n) is 4.37. The topological polar surface area (TPSA) is 17.1 Å². The Morgan fingerprint density at radius 2 is 1.86 bits per heavy atom. The number of carbonyl (C=O) groups excluding carboxylic acids is 1. The SMILES string of the molecule is C=C(C)C(=O)C[N+](C)(C)CCCC.[Cl-]. The van der Waals surface area contributed by atoms with Gasteiger partial charge < -0.3 is 16.9 Å². The number of nitrogens with zero attached hydrogens (tertiary/aromatic N) is 1. The molecule has 0 atom stereocenters. The minimum absolute atomic E-state index is 0. The minimum Gasteiger partial charge on any atom is -1.00 e. The number of likely N-dealkylation sites (N-methyl/N-ethyl adjacent to an activating group) is 1. The molecule has 0 bridgehead atoms. The lowest BCUT2D eigenvalue weighted by atomic mass is 10.2. The fourth-order valence-corrected chi connectivity index (χ4v) is 1.19. The molecule has 0 spiro atoms. The van der Waals surface area contributed by atoms with E-state index in [0.717, 1.165) is 11.0 Å². The van der Waals surface area contributed by atoms with E-state index in [2.05, 4.69) is 27.6 Å². The van der Waals surface area contributed by atoms with Gasteiger partial charge in [-0.2, -0.15) is 0 Å². The van der Waals surface area contributed by atoms with E-state index in [0.29, 0.717) is 12.1 Å². The number of rotatable bonds is 6. The fourth-order valence-electron chi connectivity index (χ4n) is 1.19. The molecule has 0 aromatic rings. The molecule has 0 saturated carbocycles. The van der Waals surface area contributed by atoms with Crippen LogP contribution in [0.15, 0.2) is 12.2 Å². The van der Waals surface area contributed by atoms with Gasteiger partial charge in [0.1, 0.15) is 6.54 Å². The highest BCUT2D eigenvalue weighted by Gasteiger charge is 2.19. The van der Waals surface area contributed by atoms with Crippen molar-refractivity contribution in [1.82, 2.24) is 0 Å². The van der Waals surface area contributed by atoms with Crippen molar-refractivity contribution in [2.75, 3.05) is 27.2 Å². The van der Waals surface area contributed by atoms with Crippen LogP contribution in [0.5, 0.6) is 0 Å². The number of ketones is 1. The number of hydrogen-bond donors (Lipinski definition) is 0. The Morgan fingerprint density at radius 3 is 2.21 bits per heavy atom. The quantitative estimate of drug-likeness (QED) is 0.414. The molecule has 0 heterocycles. The Morgan fingerprint density at radius 1 is 1.36 bits per heavy atom. The second-order valence-corrected chi connectivity index (χ2v) is 4.37. The normalized spacial score (nSPS) is 10.6. The summed E-state index contributed by atoms with van der Waals surface area (Å²) in [6.07, 6.45) is 2.36. The van der Waals surface area contributed by atoms with Crippen LogP contribution in [0.4, 0.5) is 0 Å². The molecule has 3 heteroatoms. The van der Waals surface area contributed by atoms with Crippen molar-refractivity contribution >= 4 is 5.78 Å². The molecule has 0 saturated heterocycles. The smallest absolute Gasteiger partial charge is 0.212 e. The largest absolute Gasteiger partial charge is 1.00 e. The standard InChI is InChI=1S/C11H22NO.ClH/c1-6-7-8-12(4,5)9-11(13)10(2)3;/h2,6-9H2,1,3-5H3;1H/q+1;/p-1. The summed E-state index contributed by atoms with van der Waals surface area (Å²) in [7, 11) is 4.19. The molecule has 0 unspecified atom stereocenters. The fraction of sp³-hybridized carbons (Fsp3) is 0.727. The van der Waals surface area contributed by atoms with Crippen LogP contribution in [0.1, 0.15) is 26.7 Å². The lowest BCUT2D eigenvalue weighted by Gasteiger charge is -2.28. The zero-order valence-corrected chi connectivity index (χ0v) is 10.5. The summed E-state index contributed by atoms with van der Waals surface area (Å²) in [6.45, 7) is 9.25. The lowest BCUT2D eigenvalue weighted by Crippen LogP contribution is -3.00. The van der Waals surface area contributed by atoms with E-state index in [9.17, 15) is 4.79 Å². The highest BCUT2D eigenvalue weighted by Crippen LogP contribution is 2.04. The Labute approximate surface area is 94.0 Å². The predicted octanol–water partition coefficient (Wildman–Crippen LogP) is -0.988. The van der Waals surface area contributed by atoms with Crippen LogP contribution in [0, 0.1) is 0 Å². The van der Waals surface area contributed by atoms with E-state index in [1.165, 1.54) is 12.8 Å². The molecule has 0 N–H and O–H groups in total. The Kier molecular flexibility index (Phi) is 8.07. The molecule has 0 aromatic heterocycles. The van der Waals surface area contributed by atoms with Crippen LogP contribution in [-0.2, 0) is 4.79 Å². The molecule has 0 fully saturated rings. The van der Waals surface area contributed by atoms with Gasteiger partial charge in [-0.15, -0.1) is 0 Å². The van der Waals surface area contributed by atoms with E-state index in [1.54, 1.807) is 6.92 Å². The first-order chi connectivity index (χ1) is 5.89. The molecular formula is C11H22ClNO. The first-order valence-electron chi connectivity index (χ1n) is 4.90. The van der Waals surface area contributed by atoms with Gasteiger partial charge in [0.05, 0.1) is 20.6 Å². The second kappa shape index (κ2) is 7.02. The molecule has 0 radical (unpaired) electrons. The van der Waals surface area contributed by atoms with Crippen molar-refractivity contribution in [2.24, 2.45) is 0 Å². The van der Waals surface area contributed by atoms with Crippen LogP contribution < -0.4 is 12.4 Å². The van der Waals surface area contributed by atoms with E-state index in [4.69, 9.17) is 0 Å². The van der Waals surface area contributed by atoms with Crippen molar-refractivity contribution in [3.63, 3.8) is 0 Å². The van der Waals surface area contributed by atoms with Gasteiger partial charge in [-0.3, -0.25) is 4.79 Å². The number of carbonyl (C=O) groups is 1. The van der Waals surface area contributed by atoms with Gasteiger partial charge in [0, 0.05) is 0 Å².